The van der Waals surface area contributed by atoms with Crippen molar-refractivity contribution < 1.29 is 0 Å². The third kappa shape index (κ3) is 0.580. The van der Waals surface area contributed by atoms with E-state index in [4.69, 9.17) is 0 Å². The molecule has 0 radical (unpaired) electrons. The quantitative estimate of drug-likeness (QED) is 0.480. The summed E-state index contributed by atoms with van der Waals surface area (Å²) in [7, 11) is 0. The van der Waals surface area contributed by atoms with Crippen LogP contribution in [-0.4, -0.2) is 0 Å². The van der Waals surface area contributed by atoms with Crippen molar-refractivity contribution in [2.24, 2.45) is 23.7 Å². The Hall–Kier alpha value is 0. The Morgan fingerprint density at radius 1 is 0.500 bits per heavy atom. The fourth-order valence-corrected chi connectivity index (χ4v) is 3.82. The number of rotatable bonds is 0. The highest BCUT2D eigenvalue weighted by Crippen LogP contribution is 2.55. The molecule has 5 fully saturated rings. The van der Waals surface area contributed by atoms with Gasteiger partial charge in [-0.05, 0) is 62.2 Å². The first kappa shape index (κ1) is 5.62. The molecule has 0 heterocycles. The average molecular weight is 136 g/mol. The second-order valence-corrected chi connectivity index (χ2v) is 4.67. The Kier molecular flexibility index (Phi) is 1.00. The molecule has 0 unspecified atom stereocenters. The highest BCUT2D eigenvalue weighted by atomic mass is 14.5. The van der Waals surface area contributed by atoms with E-state index in [-0.39, 0.29) is 0 Å². The smallest absolute Gasteiger partial charge is 0.0383 e. The van der Waals surface area contributed by atoms with Crippen molar-refractivity contribution >= 4 is 0 Å². The van der Waals surface area contributed by atoms with Crippen LogP contribution in [0.3, 0.4) is 0 Å². The van der Waals surface area contributed by atoms with Crippen LogP contribution in [0.2, 0.25) is 0 Å². The van der Waals surface area contributed by atoms with Gasteiger partial charge in [0.25, 0.3) is 0 Å². The van der Waals surface area contributed by atoms with Crippen molar-refractivity contribution in [3.8, 4) is 0 Å². The SMILES string of the molecule is C1C[C@@H]2C[C@H]3CC[C@@H]2C[C@@H]13. The topological polar surface area (TPSA) is 0 Å². The maximum Gasteiger partial charge on any atom is -0.0383 e. The number of hydrogen-bond acceptors (Lipinski definition) is 0. The summed E-state index contributed by atoms with van der Waals surface area (Å²) in [5, 5.41) is 0. The van der Waals surface area contributed by atoms with Gasteiger partial charge in [0, 0.05) is 0 Å². The molecule has 0 saturated heterocycles. The van der Waals surface area contributed by atoms with E-state index < -0.39 is 0 Å². The minimum atomic E-state index is 1.18. The van der Waals surface area contributed by atoms with E-state index in [1.165, 1.54) is 23.7 Å². The van der Waals surface area contributed by atoms with Crippen molar-refractivity contribution in [2.45, 2.75) is 38.5 Å². The van der Waals surface area contributed by atoms with Crippen molar-refractivity contribution in [3.05, 3.63) is 0 Å². The predicted octanol–water partition coefficient (Wildman–Crippen LogP) is 2.83. The average Bonchev–Trinajstić information content (AvgIpc) is 2.05. The molecule has 0 aromatic heterocycles. The van der Waals surface area contributed by atoms with Crippen molar-refractivity contribution in [2.75, 3.05) is 0 Å². The Morgan fingerprint density at radius 3 is 1.00 bits per heavy atom. The summed E-state index contributed by atoms with van der Waals surface area (Å²) in [5.41, 5.74) is 0. The Labute approximate surface area is 63.0 Å². The van der Waals surface area contributed by atoms with Gasteiger partial charge in [0.1, 0.15) is 0 Å². The van der Waals surface area contributed by atoms with Crippen LogP contribution < -0.4 is 0 Å². The van der Waals surface area contributed by atoms with E-state index in [1.54, 1.807) is 38.5 Å². The minimum absolute atomic E-state index is 1.18. The van der Waals surface area contributed by atoms with Crippen LogP contribution in [0.4, 0.5) is 0 Å². The van der Waals surface area contributed by atoms with Crippen LogP contribution in [0.25, 0.3) is 0 Å². The van der Waals surface area contributed by atoms with Gasteiger partial charge in [0.2, 0.25) is 0 Å². The zero-order valence-corrected chi connectivity index (χ0v) is 6.55. The molecule has 0 spiro atoms. The molecule has 0 amide bonds. The summed E-state index contributed by atoms with van der Waals surface area (Å²) in [6.45, 7) is 0. The van der Waals surface area contributed by atoms with Gasteiger partial charge < -0.3 is 0 Å². The number of hydrogen-bond donors (Lipinski definition) is 0. The summed E-state index contributed by atoms with van der Waals surface area (Å²) >= 11 is 0. The van der Waals surface area contributed by atoms with Crippen molar-refractivity contribution in [1.82, 2.24) is 0 Å². The lowest BCUT2D eigenvalue weighted by Crippen LogP contribution is -2.42. The van der Waals surface area contributed by atoms with E-state index in [9.17, 15) is 0 Å². The zero-order valence-electron chi connectivity index (χ0n) is 6.55. The van der Waals surface area contributed by atoms with Gasteiger partial charge >= 0.3 is 0 Å². The minimum Gasteiger partial charge on any atom is -0.0499 e. The molecule has 4 atom stereocenters. The molecule has 56 valence electrons. The predicted molar refractivity (Wildman–Crippen MR) is 41.7 cm³/mol. The molecule has 0 heteroatoms. The molecule has 0 aromatic carbocycles. The van der Waals surface area contributed by atoms with Crippen LogP contribution in [0.5, 0.6) is 0 Å². The van der Waals surface area contributed by atoms with Crippen LogP contribution >= 0.6 is 0 Å². The fourth-order valence-electron chi connectivity index (χ4n) is 3.82. The molecule has 0 aromatic rings. The van der Waals surface area contributed by atoms with Crippen LogP contribution in [0.15, 0.2) is 0 Å². The lowest BCUT2D eigenvalue weighted by atomic mass is 9.53. The maximum atomic E-state index is 1.62. The first-order chi connectivity index (χ1) is 4.93. The summed E-state index contributed by atoms with van der Waals surface area (Å²) in [6, 6.07) is 0. The van der Waals surface area contributed by atoms with Gasteiger partial charge in [-0.25, -0.2) is 0 Å². The third-order valence-corrected chi connectivity index (χ3v) is 4.36. The highest BCUT2D eigenvalue weighted by molar-refractivity contribution is 4.95. The first-order valence-electron chi connectivity index (χ1n) is 4.93. The normalized spacial score (nSPS) is 57.6. The summed E-state index contributed by atoms with van der Waals surface area (Å²) < 4.78 is 0. The Morgan fingerprint density at radius 2 is 0.800 bits per heavy atom. The molecule has 0 aliphatic heterocycles. The van der Waals surface area contributed by atoms with Crippen LogP contribution in [0.1, 0.15) is 38.5 Å². The zero-order chi connectivity index (χ0) is 6.55. The van der Waals surface area contributed by atoms with Gasteiger partial charge in [-0.3, -0.25) is 0 Å². The standard InChI is InChI=1S/C10H16/c1-2-8-6-9-3-4-10(8)5-7(1)9/h7-10H,1-6H2/t7-,8-,9-,10-/m1/s1. The lowest BCUT2D eigenvalue weighted by molar-refractivity contribution is -0.0164. The van der Waals surface area contributed by atoms with E-state index in [0.717, 1.165) is 0 Å². The van der Waals surface area contributed by atoms with Gasteiger partial charge in [-0.1, -0.05) is 0 Å². The molecule has 5 aliphatic carbocycles. The van der Waals surface area contributed by atoms with E-state index in [1.807, 2.05) is 0 Å². The van der Waals surface area contributed by atoms with Gasteiger partial charge in [-0.15, -0.1) is 0 Å². The highest BCUT2D eigenvalue weighted by Gasteiger charge is 2.44. The molecular weight excluding hydrogens is 120 g/mol. The largest absolute Gasteiger partial charge is 0.0499 e. The Bertz CT molecular complexity index is 116. The molecule has 5 saturated carbocycles. The first-order valence-corrected chi connectivity index (χ1v) is 4.93. The van der Waals surface area contributed by atoms with Crippen LogP contribution in [0, 0.1) is 23.7 Å². The Balaban J connectivity index is 1.94. The molecule has 0 nitrogen and oxygen atoms in total. The molecular formula is C10H16. The van der Waals surface area contributed by atoms with E-state index in [0.29, 0.717) is 0 Å². The lowest BCUT2D eigenvalue weighted by Gasteiger charge is -2.52. The monoisotopic (exact) mass is 136 g/mol. The molecule has 4 bridgehead atoms. The summed E-state index contributed by atoms with van der Waals surface area (Å²) in [4.78, 5) is 0. The molecule has 5 aliphatic rings. The van der Waals surface area contributed by atoms with E-state index >= 15 is 0 Å². The van der Waals surface area contributed by atoms with Crippen molar-refractivity contribution in [3.63, 3.8) is 0 Å². The molecule has 0 N–H and O–H groups in total. The third-order valence-electron chi connectivity index (χ3n) is 4.36. The second kappa shape index (κ2) is 1.78. The summed E-state index contributed by atoms with van der Waals surface area (Å²) in [5.74, 6) is 4.74. The van der Waals surface area contributed by atoms with Crippen LogP contribution in [-0.2, 0) is 0 Å². The number of fused-ring (bicyclic) bond motifs is 2. The summed E-state index contributed by atoms with van der Waals surface area (Å²) in [6.07, 6.45) is 9.60. The van der Waals surface area contributed by atoms with Gasteiger partial charge in [0.15, 0.2) is 0 Å². The molecule has 10 heavy (non-hydrogen) atoms. The van der Waals surface area contributed by atoms with Gasteiger partial charge in [-0.2, -0.15) is 0 Å². The van der Waals surface area contributed by atoms with Crippen molar-refractivity contribution in [1.29, 1.82) is 0 Å². The maximum absolute atomic E-state index is 1.62. The fraction of sp³-hybridized carbons (Fsp3) is 1.00. The second-order valence-electron chi connectivity index (χ2n) is 4.67. The molecule has 5 rings (SSSR count). The van der Waals surface area contributed by atoms with E-state index in [2.05, 4.69) is 0 Å². The van der Waals surface area contributed by atoms with Gasteiger partial charge in [0.05, 0.1) is 0 Å².